The number of anilines is 1. The highest BCUT2D eigenvalue weighted by Gasteiger charge is 2.28. The summed E-state index contributed by atoms with van der Waals surface area (Å²) in [5.41, 5.74) is 2.39. The van der Waals surface area contributed by atoms with Crippen molar-refractivity contribution in [1.82, 2.24) is 14.5 Å². The highest BCUT2D eigenvalue weighted by atomic mass is 16.2. The molecule has 2 heterocycles. The minimum absolute atomic E-state index is 0.117. The van der Waals surface area contributed by atoms with Crippen LogP contribution in [-0.2, 0) is 4.79 Å². The van der Waals surface area contributed by atoms with Crippen molar-refractivity contribution >= 4 is 11.7 Å². The van der Waals surface area contributed by atoms with Crippen molar-refractivity contribution in [3.63, 3.8) is 0 Å². The van der Waals surface area contributed by atoms with Crippen LogP contribution in [0.3, 0.4) is 0 Å². The fraction of sp³-hybridized carbons (Fsp3) is 0.294. The molecule has 1 aliphatic rings. The van der Waals surface area contributed by atoms with E-state index < -0.39 is 0 Å². The lowest BCUT2D eigenvalue weighted by molar-refractivity contribution is -0.119. The van der Waals surface area contributed by atoms with Gasteiger partial charge in [0.1, 0.15) is 6.33 Å². The molecule has 0 aliphatic carbocycles. The monoisotopic (exact) mass is 320 g/mol. The number of rotatable bonds is 3. The summed E-state index contributed by atoms with van der Waals surface area (Å²) >= 11 is 0. The van der Waals surface area contributed by atoms with Crippen molar-refractivity contribution < 1.29 is 4.79 Å². The molecule has 2 aromatic rings. The minimum atomic E-state index is -0.188. The molecule has 7 heteroatoms. The molecule has 120 valence electrons. The second-order valence-corrected chi connectivity index (χ2v) is 5.80. The van der Waals surface area contributed by atoms with Crippen LogP contribution >= 0.6 is 0 Å². The van der Waals surface area contributed by atoms with Gasteiger partial charge in [0.15, 0.2) is 12.0 Å². The molecule has 1 atom stereocenters. The average Bonchev–Trinajstić information content (AvgIpc) is 3.24. The molecule has 0 spiro atoms. The second kappa shape index (κ2) is 6.43. The van der Waals surface area contributed by atoms with Gasteiger partial charge < -0.3 is 14.8 Å². The third kappa shape index (κ3) is 3.06. The summed E-state index contributed by atoms with van der Waals surface area (Å²) in [4.78, 5) is 18.0. The number of nitrogens with one attached hydrogen (secondary N) is 1. The number of aromatic nitrogens is 2. The molecule has 0 radical (unpaired) electrons. The van der Waals surface area contributed by atoms with Crippen molar-refractivity contribution in [3.8, 4) is 17.9 Å². The fourth-order valence-electron chi connectivity index (χ4n) is 2.76. The van der Waals surface area contributed by atoms with Crippen LogP contribution in [0.15, 0.2) is 30.7 Å². The smallest absolute Gasteiger partial charge is 0.230 e. The Morgan fingerprint density at radius 1 is 1.42 bits per heavy atom. The van der Waals surface area contributed by atoms with E-state index in [9.17, 15) is 4.79 Å². The van der Waals surface area contributed by atoms with Crippen LogP contribution in [0.2, 0.25) is 0 Å². The summed E-state index contributed by atoms with van der Waals surface area (Å²) in [5.74, 6) is 0.165. The Bertz CT molecular complexity index is 857. The third-order valence-corrected chi connectivity index (χ3v) is 4.16. The molecular weight excluding hydrogens is 304 g/mol. The number of carbonyl (C=O) groups excluding carboxylic acids is 1. The van der Waals surface area contributed by atoms with Crippen LogP contribution in [0.5, 0.6) is 0 Å². The van der Waals surface area contributed by atoms with Crippen molar-refractivity contribution in [2.24, 2.45) is 5.92 Å². The van der Waals surface area contributed by atoms with E-state index in [1.165, 1.54) is 0 Å². The fourth-order valence-corrected chi connectivity index (χ4v) is 2.76. The van der Waals surface area contributed by atoms with E-state index in [0.29, 0.717) is 30.9 Å². The minimum Gasteiger partial charge on any atom is -0.310 e. The maximum absolute atomic E-state index is 12.2. The number of aryl methyl sites for hydroxylation is 1. The van der Waals surface area contributed by atoms with Gasteiger partial charge in [0.2, 0.25) is 5.91 Å². The van der Waals surface area contributed by atoms with Gasteiger partial charge in [0.05, 0.1) is 23.7 Å². The highest BCUT2D eigenvalue weighted by molar-refractivity contribution is 5.92. The van der Waals surface area contributed by atoms with Crippen molar-refractivity contribution in [1.29, 1.82) is 10.5 Å². The zero-order chi connectivity index (χ0) is 17.1. The van der Waals surface area contributed by atoms with Crippen LogP contribution in [0.4, 0.5) is 5.82 Å². The molecule has 1 aromatic heterocycles. The van der Waals surface area contributed by atoms with Gasteiger partial charge >= 0.3 is 0 Å². The number of imidazole rings is 1. The Hall–Kier alpha value is -3.32. The zero-order valence-corrected chi connectivity index (χ0v) is 13.2. The van der Waals surface area contributed by atoms with Crippen molar-refractivity contribution in [3.05, 3.63) is 41.9 Å². The van der Waals surface area contributed by atoms with E-state index >= 15 is 0 Å². The number of benzene rings is 1. The van der Waals surface area contributed by atoms with E-state index in [-0.39, 0.29) is 11.8 Å². The molecule has 0 bridgehead atoms. The quantitative estimate of drug-likeness (QED) is 0.870. The second-order valence-electron chi connectivity index (χ2n) is 5.80. The van der Waals surface area contributed by atoms with Crippen LogP contribution in [0.1, 0.15) is 17.5 Å². The topological polar surface area (TPSA) is 97.7 Å². The maximum Gasteiger partial charge on any atom is 0.230 e. The average molecular weight is 320 g/mol. The van der Waals surface area contributed by atoms with E-state index in [4.69, 9.17) is 10.5 Å². The maximum atomic E-state index is 12.2. The Balaban J connectivity index is 1.70. The third-order valence-electron chi connectivity index (χ3n) is 4.16. The summed E-state index contributed by atoms with van der Waals surface area (Å²) in [6, 6.07) is 7.63. The molecule has 1 fully saturated rings. The first-order valence-electron chi connectivity index (χ1n) is 7.61. The molecule has 1 aliphatic heterocycles. The van der Waals surface area contributed by atoms with Gasteiger partial charge in [-0.3, -0.25) is 4.79 Å². The lowest BCUT2D eigenvalue weighted by Gasteiger charge is -2.09. The summed E-state index contributed by atoms with van der Waals surface area (Å²) < 4.78 is 1.79. The highest BCUT2D eigenvalue weighted by Crippen LogP contribution is 2.19. The van der Waals surface area contributed by atoms with E-state index in [1.54, 1.807) is 28.1 Å². The first-order chi connectivity index (χ1) is 11.6. The molecule has 1 saturated heterocycles. The lowest BCUT2D eigenvalue weighted by Crippen LogP contribution is -2.25. The molecule has 7 nitrogen and oxygen atoms in total. The van der Waals surface area contributed by atoms with Crippen molar-refractivity contribution in [2.45, 2.75) is 13.3 Å². The Morgan fingerprint density at radius 3 is 2.92 bits per heavy atom. The van der Waals surface area contributed by atoms with Crippen LogP contribution < -0.4 is 5.32 Å². The molecule has 1 unspecified atom stereocenters. The van der Waals surface area contributed by atoms with Crippen LogP contribution in [0.25, 0.3) is 5.69 Å². The van der Waals surface area contributed by atoms with E-state index in [0.717, 1.165) is 11.3 Å². The molecule has 24 heavy (non-hydrogen) atoms. The first-order valence-corrected chi connectivity index (χ1v) is 7.61. The predicted molar refractivity (Wildman–Crippen MR) is 86.9 cm³/mol. The number of carbonyl (C=O) groups is 1. The molecular formula is C17H16N6O. The van der Waals surface area contributed by atoms with Gasteiger partial charge in [-0.1, -0.05) is 0 Å². The number of hydrogen-bond donors (Lipinski definition) is 1. The Kier molecular flexibility index (Phi) is 4.17. The number of hydrogen-bond acceptors (Lipinski definition) is 5. The number of nitriles is 2. The van der Waals surface area contributed by atoms with Gasteiger partial charge in [0.25, 0.3) is 0 Å². The molecule has 1 aromatic carbocycles. The molecule has 3 rings (SSSR count). The molecule has 1 N–H and O–H groups in total. The SMILES string of the molecule is Cc1cc(-n2cnc(NC(=O)C3CCN(C#N)C3)c2)ccc1C#N. The van der Waals surface area contributed by atoms with Gasteiger partial charge in [0, 0.05) is 18.8 Å². The summed E-state index contributed by atoms with van der Waals surface area (Å²) in [7, 11) is 0. The van der Waals surface area contributed by atoms with Gasteiger partial charge in [-0.05, 0) is 37.1 Å². The molecule has 1 amide bonds. The standard InChI is InChI=1S/C17H16N6O/c1-12-6-15(3-2-13(12)7-18)23-9-16(20-11-23)21-17(24)14-4-5-22(8-14)10-19/h2-3,6,9,11,14H,4-5,8H2,1H3,(H,21,24). The number of amides is 1. The lowest BCUT2D eigenvalue weighted by atomic mass is 10.1. The zero-order valence-electron chi connectivity index (χ0n) is 13.2. The summed E-state index contributed by atoms with van der Waals surface area (Å²) in [6.07, 6.45) is 6.09. The largest absolute Gasteiger partial charge is 0.310 e. The summed E-state index contributed by atoms with van der Waals surface area (Å²) in [5, 5.41) is 20.6. The van der Waals surface area contributed by atoms with Crippen LogP contribution in [0, 0.1) is 35.6 Å². The Morgan fingerprint density at radius 2 is 2.25 bits per heavy atom. The van der Waals surface area contributed by atoms with Gasteiger partial charge in [-0.25, -0.2) is 4.98 Å². The normalized spacial score (nSPS) is 16.5. The van der Waals surface area contributed by atoms with Gasteiger partial charge in [-0.15, -0.1) is 0 Å². The van der Waals surface area contributed by atoms with E-state index in [2.05, 4.69) is 22.6 Å². The van der Waals surface area contributed by atoms with Gasteiger partial charge in [-0.2, -0.15) is 10.5 Å². The molecule has 0 saturated carbocycles. The number of nitrogens with zero attached hydrogens (tertiary/aromatic N) is 5. The summed E-state index contributed by atoms with van der Waals surface area (Å²) in [6.45, 7) is 2.95. The Labute approximate surface area is 139 Å². The van der Waals surface area contributed by atoms with E-state index in [1.807, 2.05) is 19.1 Å². The first kappa shape index (κ1) is 15.6. The predicted octanol–water partition coefficient (Wildman–Crippen LogP) is 1.79. The number of likely N-dealkylation sites (tertiary alicyclic amines) is 1. The van der Waals surface area contributed by atoms with Crippen LogP contribution in [-0.4, -0.2) is 33.4 Å². The van der Waals surface area contributed by atoms with Crippen molar-refractivity contribution in [2.75, 3.05) is 18.4 Å².